The van der Waals surface area contributed by atoms with E-state index in [1.807, 2.05) is 0 Å². The zero-order valence-corrected chi connectivity index (χ0v) is 12.5. The average Bonchev–Trinajstić information content (AvgIpc) is 3.04. The summed E-state index contributed by atoms with van der Waals surface area (Å²) in [5.41, 5.74) is 0. The molecule has 1 aromatic rings. The van der Waals surface area contributed by atoms with Gasteiger partial charge in [0.15, 0.2) is 0 Å². The van der Waals surface area contributed by atoms with E-state index in [0.29, 0.717) is 18.1 Å². The molecule has 0 spiro atoms. The molecule has 3 rings (SSSR count). The van der Waals surface area contributed by atoms with E-state index in [1.165, 1.54) is 0 Å². The maximum atomic E-state index is 12.5. The predicted molar refractivity (Wildman–Crippen MR) is 72.8 cm³/mol. The van der Waals surface area contributed by atoms with Crippen LogP contribution in [0.4, 0.5) is 0 Å². The molecule has 2 aliphatic rings. The summed E-state index contributed by atoms with van der Waals surface area (Å²) in [6, 6.07) is 1.48. The Kier molecular flexibility index (Phi) is 3.62. The second kappa shape index (κ2) is 5.14. The lowest BCUT2D eigenvalue weighted by molar-refractivity contribution is 0.0996. The van der Waals surface area contributed by atoms with Crippen molar-refractivity contribution in [3.8, 4) is 0 Å². The molecule has 0 amide bonds. The van der Waals surface area contributed by atoms with Crippen LogP contribution in [0.3, 0.4) is 0 Å². The molecular formula is C13H20N2O4S. The van der Waals surface area contributed by atoms with E-state index in [1.54, 1.807) is 20.0 Å². The van der Waals surface area contributed by atoms with Crippen LogP contribution in [0.2, 0.25) is 0 Å². The minimum absolute atomic E-state index is 0.0266. The Bertz CT molecular complexity index is 596. The summed E-state index contributed by atoms with van der Waals surface area (Å²) in [6.45, 7) is 2.18. The number of nitrogens with one attached hydrogen (secondary N) is 2. The van der Waals surface area contributed by atoms with Crippen molar-refractivity contribution in [2.45, 2.75) is 55.9 Å². The SMILES string of the molecule is CNCc1cc(S(=O)(=O)NC2CC3CCC2O3)c(C)o1. The van der Waals surface area contributed by atoms with Crippen LogP contribution in [-0.2, 0) is 21.3 Å². The Balaban J connectivity index is 1.78. The van der Waals surface area contributed by atoms with Crippen LogP contribution in [-0.4, -0.2) is 33.7 Å². The lowest BCUT2D eigenvalue weighted by Crippen LogP contribution is -2.41. The summed E-state index contributed by atoms with van der Waals surface area (Å²) < 4.78 is 38.8. The smallest absolute Gasteiger partial charge is 0.244 e. The normalized spacial score (nSPS) is 29.2. The van der Waals surface area contributed by atoms with Gasteiger partial charge < -0.3 is 14.5 Å². The summed E-state index contributed by atoms with van der Waals surface area (Å²) in [5.74, 6) is 1.04. The number of rotatable bonds is 5. The van der Waals surface area contributed by atoms with Crippen LogP contribution in [0.1, 0.15) is 30.8 Å². The molecule has 3 heterocycles. The van der Waals surface area contributed by atoms with Gasteiger partial charge in [0.2, 0.25) is 10.0 Å². The van der Waals surface area contributed by atoms with Gasteiger partial charge in [-0.1, -0.05) is 0 Å². The van der Waals surface area contributed by atoms with Gasteiger partial charge in [0.05, 0.1) is 24.8 Å². The third kappa shape index (κ3) is 2.50. The number of ether oxygens (including phenoxy) is 1. The highest BCUT2D eigenvalue weighted by atomic mass is 32.2. The first kappa shape index (κ1) is 14.1. The third-order valence-electron chi connectivity index (χ3n) is 3.98. The van der Waals surface area contributed by atoms with E-state index in [4.69, 9.17) is 9.15 Å². The number of hydrogen-bond acceptors (Lipinski definition) is 5. The number of sulfonamides is 1. The van der Waals surface area contributed by atoms with Crippen LogP contribution >= 0.6 is 0 Å². The van der Waals surface area contributed by atoms with E-state index in [9.17, 15) is 8.42 Å². The fourth-order valence-electron chi connectivity index (χ4n) is 3.08. The molecule has 2 aliphatic heterocycles. The molecule has 112 valence electrons. The van der Waals surface area contributed by atoms with Gasteiger partial charge in [0, 0.05) is 6.07 Å². The zero-order valence-electron chi connectivity index (χ0n) is 11.7. The van der Waals surface area contributed by atoms with Crippen molar-refractivity contribution in [3.63, 3.8) is 0 Å². The Morgan fingerprint density at radius 2 is 2.20 bits per heavy atom. The highest BCUT2D eigenvalue weighted by molar-refractivity contribution is 7.89. The molecule has 20 heavy (non-hydrogen) atoms. The molecule has 2 bridgehead atoms. The number of hydrogen-bond donors (Lipinski definition) is 2. The third-order valence-corrected chi connectivity index (χ3v) is 5.57. The molecule has 0 radical (unpaired) electrons. The van der Waals surface area contributed by atoms with Crippen molar-refractivity contribution < 1.29 is 17.6 Å². The van der Waals surface area contributed by atoms with Crippen LogP contribution in [0.15, 0.2) is 15.4 Å². The Morgan fingerprint density at radius 1 is 1.40 bits per heavy atom. The van der Waals surface area contributed by atoms with Gasteiger partial charge in [-0.15, -0.1) is 0 Å². The minimum atomic E-state index is -3.55. The van der Waals surface area contributed by atoms with Crippen molar-refractivity contribution in [2.24, 2.45) is 0 Å². The molecule has 3 unspecified atom stereocenters. The first-order valence-corrected chi connectivity index (χ1v) is 8.39. The van der Waals surface area contributed by atoms with E-state index < -0.39 is 10.0 Å². The maximum Gasteiger partial charge on any atom is 0.244 e. The van der Waals surface area contributed by atoms with Crippen LogP contribution in [0, 0.1) is 6.92 Å². The molecular weight excluding hydrogens is 280 g/mol. The average molecular weight is 300 g/mol. The van der Waals surface area contributed by atoms with Crippen molar-refractivity contribution >= 4 is 10.0 Å². The maximum absolute atomic E-state index is 12.5. The van der Waals surface area contributed by atoms with Gasteiger partial charge in [-0.25, -0.2) is 13.1 Å². The standard InChI is InChI=1S/C13H20N2O4S/c1-8-13(6-10(18-8)7-14-2)20(16,17)15-11-5-9-3-4-12(11)19-9/h6,9,11-12,14-15H,3-5,7H2,1-2H3. The van der Waals surface area contributed by atoms with E-state index in [2.05, 4.69) is 10.0 Å². The molecule has 6 nitrogen and oxygen atoms in total. The zero-order chi connectivity index (χ0) is 14.3. The van der Waals surface area contributed by atoms with Gasteiger partial charge in [0.25, 0.3) is 0 Å². The summed E-state index contributed by atoms with van der Waals surface area (Å²) in [5, 5.41) is 2.94. The fraction of sp³-hybridized carbons (Fsp3) is 0.692. The lowest BCUT2D eigenvalue weighted by atomic mass is 9.96. The number of furan rings is 1. The van der Waals surface area contributed by atoms with Gasteiger partial charge in [-0.2, -0.15) is 0 Å². The van der Waals surface area contributed by atoms with Crippen molar-refractivity contribution in [1.29, 1.82) is 0 Å². The molecule has 2 N–H and O–H groups in total. The lowest BCUT2D eigenvalue weighted by Gasteiger charge is -2.19. The van der Waals surface area contributed by atoms with Crippen molar-refractivity contribution in [3.05, 3.63) is 17.6 Å². The first-order chi connectivity index (χ1) is 9.49. The molecule has 2 saturated heterocycles. The highest BCUT2D eigenvalue weighted by Crippen LogP contribution is 2.35. The summed E-state index contributed by atoms with van der Waals surface area (Å²) in [6.07, 6.45) is 2.99. The van der Waals surface area contributed by atoms with E-state index in [0.717, 1.165) is 19.3 Å². The summed E-state index contributed by atoms with van der Waals surface area (Å²) in [4.78, 5) is 0.227. The fourth-order valence-corrected chi connectivity index (χ4v) is 4.56. The molecule has 0 saturated carbocycles. The van der Waals surface area contributed by atoms with Gasteiger partial charge in [-0.05, 0) is 33.2 Å². The largest absolute Gasteiger partial charge is 0.464 e. The van der Waals surface area contributed by atoms with Crippen LogP contribution in [0.5, 0.6) is 0 Å². The topological polar surface area (TPSA) is 80.6 Å². The van der Waals surface area contributed by atoms with E-state index >= 15 is 0 Å². The molecule has 0 aliphatic carbocycles. The number of fused-ring (bicyclic) bond motifs is 2. The first-order valence-electron chi connectivity index (χ1n) is 6.91. The highest BCUT2D eigenvalue weighted by Gasteiger charge is 2.42. The van der Waals surface area contributed by atoms with E-state index in [-0.39, 0.29) is 23.1 Å². The minimum Gasteiger partial charge on any atom is -0.464 e. The van der Waals surface area contributed by atoms with Crippen LogP contribution in [0.25, 0.3) is 0 Å². The number of aryl methyl sites for hydroxylation is 1. The van der Waals surface area contributed by atoms with Crippen LogP contribution < -0.4 is 10.0 Å². The molecule has 7 heteroatoms. The second-order valence-corrected chi connectivity index (χ2v) is 7.18. The molecule has 0 aromatic carbocycles. The molecule has 2 fully saturated rings. The van der Waals surface area contributed by atoms with Crippen molar-refractivity contribution in [1.82, 2.24) is 10.0 Å². The summed E-state index contributed by atoms with van der Waals surface area (Å²) in [7, 11) is -1.76. The quantitative estimate of drug-likeness (QED) is 0.844. The van der Waals surface area contributed by atoms with Gasteiger partial charge in [0.1, 0.15) is 16.4 Å². The Hall–Kier alpha value is -0.890. The summed E-state index contributed by atoms with van der Waals surface area (Å²) >= 11 is 0. The molecule has 1 aromatic heterocycles. The van der Waals surface area contributed by atoms with Crippen molar-refractivity contribution in [2.75, 3.05) is 7.05 Å². The van der Waals surface area contributed by atoms with Gasteiger partial charge >= 0.3 is 0 Å². The monoisotopic (exact) mass is 300 g/mol. The van der Waals surface area contributed by atoms with Gasteiger partial charge in [-0.3, -0.25) is 0 Å². The Morgan fingerprint density at radius 3 is 2.80 bits per heavy atom. The molecule has 3 atom stereocenters. The Labute approximate surface area is 118 Å². The predicted octanol–water partition coefficient (Wildman–Crippen LogP) is 0.906. The second-order valence-electron chi connectivity index (χ2n) is 5.50.